The van der Waals surface area contributed by atoms with Crippen LogP contribution in [0.2, 0.25) is 0 Å². The van der Waals surface area contributed by atoms with Gasteiger partial charge in [-0.25, -0.2) is 0 Å². The Labute approximate surface area is 163 Å². The van der Waals surface area contributed by atoms with Crippen molar-refractivity contribution < 1.29 is 22.7 Å². The Balaban J connectivity index is 1.77. The molecule has 1 amide bonds. The largest absolute Gasteiger partial charge is 0.494 e. The third-order valence-electron chi connectivity index (χ3n) is 4.34. The molecule has 2 aromatic rings. The number of carbonyl (C=O) groups excluding carboxylic acids is 1. The van der Waals surface area contributed by atoms with E-state index in [4.69, 9.17) is 4.74 Å². The zero-order valence-corrected chi connectivity index (χ0v) is 16.0. The number of hydrogen-bond acceptors (Lipinski definition) is 2. The highest BCUT2D eigenvalue weighted by Gasteiger charge is 2.30. The quantitative estimate of drug-likeness (QED) is 0.531. The van der Waals surface area contributed by atoms with Crippen LogP contribution in [0, 0.1) is 0 Å². The predicted octanol–water partition coefficient (Wildman–Crippen LogP) is 5.64. The maximum atomic E-state index is 12.7. The molecular formula is C22H26F3NO2. The molecule has 0 aromatic heterocycles. The van der Waals surface area contributed by atoms with E-state index in [2.05, 4.69) is 12.2 Å². The number of amides is 1. The van der Waals surface area contributed by atoms with E-state index in [-0.39, 0.29) is 12.5 Å². The minimum Gasteiger partial charge on any atom is -0.494 e. The molecule has 0 heterocycles. The molecule has 0 unspecified atom stereocenters. The molecule has 2 rings (SSSR count). The smallest absolute Gasteiger partial charge is 0.416 e. The van der Waals surface area contributed by atoms with Gasteiger partial charge in [-0.1, -0.05) is 44.4 Å². The van der Waals surface area contributed by atoms with Crippen LogP contribution >= 0.6 is 0 Å². The highest BCUT2D eigenvalue weighted by molar-refractivity contribution is 5.94. The highest BCUT2D eigenvalue weighted by atomic mass is 19.4. The number of ether oxygens (including phenoxy) is 1. The number of unbranched alkanes of at least 4 members (excludes halogenated alkanes) is 3. The molecule has 2 aromatic carbocycles. The molecule has 1 N–H and O–H groups in total. The predicted molar refractivity (Wildman–Crippen MR) is 104 cm³/mol. The average Bonchev–Trinajstić information content (AvgIpc) is 2.68. The van der Waals surface area contributed by atoms with Crippen molar-refractivity contribution in [1.29, 1.82) is 0 Å². The molecule has 0 bridgehead atoms. The minimum atomic E-state index is -4.36. The number of nitrogens with one attached hydrogen (secondary N) is 1. The van der Waals surface area contributed by atoms with Crippen LogP contribution in [0.15, 0.2) is 48.5 Å². The summed E-state index contributed by atoms with van der Waals surface area (Å²) in [6.45, 7) is 3.07. The number of alkyl halides is 3. The molecule has 0 radical (unpaired) electrons. The first-order valence-corrected chi connectivity index (χ1v) is 9.57. The summed E-state index contributed by atoms with van der Waals surface area (Å²) in [7, 11) is 0. The lowest BCUT2D eigenvalue weighted by molar-refractivity contribution is -0.137. The second-order valence-corrected chi connectivity index (χ2v) is 6.64. The lowest BCUT2D eigenvalue weighted by Crippen LogP contribution is -2.25. The second-order valence-electron chi connectivity index (χ2n) is 6.64. The summed E-state index contributed by atoms with van der Waals surface area (Å²) in [6, 6.07) is 12.0. The van der Waals surface area contributed by atoms with Gasteiger partial charge in [0.25, 0.3) is 5.91 Å². The van der Waals surface area contributed by atoms with Gasteiger partial charge < -0.3 is 10.1 Å². The van der Waals surface area contributed by atoms with Crippen molar-refractivity contribution in [2.24, 2.45) is 0 Å². The zero-order chi connectivity index (χ0) is 20.4. The minimum absolute atomic E-state index is 0.260. The second kappa shape index (κ2) is 10.7. The first kappa shape index (κ1) is 21.8. The SMILES string of the molecule is CCCCCCOc1ccc(C(=O)NCCc2cccc(C(F)(F)F)c2)cc1. The van der Waals surface area contributed by atoms with Crippen LogP contribution < -0.4 is 10.1 Å². The van der Waals surface area contributed by atoms with Gasteiger partial charge in [0.2, 0.25) is 0 Å². The summed E-state index contributed by atoms with van der Waals surface area (Å²) in [5, 5.41) is 2.73. The molecule has 0 fully saturated rings. The van der Waals surface area contributed by atoms with E-state index in [0.29, 0.717) is 24.2 Å². The van der Waals surface area contributed by atoms with Crippen LogP contribution in [-0.2, 0) is 12.6 Å². The van der Waals surface area contributed by atoms with E-state index in [1.54, 1.807) is 30.3 Å². The standard InChI is InChI=1S/C22H26F3NO2/c1-2-3-4-5-15-28-20-11-9-18(10-12-20)21(27)26-14-13-17-7-6-8-19(16-17)22(23,24)25/h6-12,16H,2-5,13-15H2,1H3,(H,26,27). The first-order chi connectivity index (χ1) is 13.4. The van der Waals surface area contributed by atoms with Crippen LogP contribution in [0.5, 0.6) is 5.75 Å². The van der Waals surface area contributed by atoms with Crippen molar-refractivity contribution in [2.45, 2.75) is 45.2 Å². The Morgan fingerprint density at radius 2 is 1.79 bits per heavy atom. The Morgan fingerprint density at radius 3 is 2.46 bits per heavy atom. The van der Waals surface area contributed by atoms with E-state index in [9.17, 15) is 18.0 Å². The van der Waals surface area contributed by atoms with Crippen LogP contribution in [-0.4, -0.2) is 19.1 Å². The van der Waals surface area contributed by atoms with Crippen LogP contribution in [0.25, 0.3) is 0 Å². The van der Waals surface area contributed by atoms with Crippen molar-refractivity contribution in [3.05, 3.63) is 65.2 Å². The summed E-state index contributed by atoms with van der Waals surface area (Å²) in [5.74, 6) is 0.457. The first-order valence-electron chi connectivity index (χ1n) is 9.57. The third-order valence-corrected chi connectivity index (χ3v) is 4.34. The van der Waals surface area contributed by atoms with Crippen molar-refractivity contribution >= 4 is 5.91 Å². The summed E-state index contributed by atoms with van der Waals surface area (Å²) in [6.07, 6.45) is 0.489. The van der Waals surface area contributed by atoms with Crippen LogP contribution in [0.4, 0.5) is 13.2 Å². The molecule has 6 heteroatoms. The summed E-state index contributed by atoms with van der Waals surface area (Å²) >= 11 is 0. The summed E-state index contributed by atoms with van der Waals surface area (Å²) in [5.41, 5.74) is 0.339. The van der Waals surface area contributed by atoms with Gasteiger partial charge in [0.1, 0.15) is 5.75 Å². The molecule has 0 aliphatic rings. The fraction of sp³-hybridized carbons (Fsp3) is 0.409. The molecule has 0 saturated carbocycles. The number of hydrogen-bond donors (Lipinski definition) is 1. The summed E-state index contributed by atoms with van der Waals surface area (Å²) < 4.78 is 43.8. The van der Waals surface area contributed by atoms with Gasteiger partial charge in [-0.2, -0.15) is 13.2 Å². The van der Waals surface area contributed by atoms with Gasteiger partial charge in [0, 0.05) is 12.1 Å². The zero-order valence-electron chi connectivity index (χ0n) is 16.0. The van der Waals surface area contributed by atoms with Gasteiger partial charge in [0.15, 0.2) is 0 Å². The Kier molecular flexibility index (Phi) is 8.36. The Morgan fingerprint density at radius 1 is 1.04 bits per heavy atom. The number of carbonyl (C=O) groups is 1. The Hall–Kier alpha value is -2.50. The molecule has 0 aliphatic carbocycles. The Bertz CT molecular complexity index is 742. The van der Waals surface area contributed by atoms with Gasteiger partial charge >= 0.3 is 6.18 Å². The van der Waals surface area contributed by atoms with Gasteiger partial charge in [-0.3, -0.25) is 4.79 Å². The average molecular weight is 393 g/mol. The maximum Gasteiger partial charge on any atom is 0.416 e. The monoisotopic (exact) mass is 393 g/mol. The number of halogens is 3. The van der Waals surface area contributed by atoms with E-state index in [1.165, 1.54) is 18.9 Å². The fourth-order valence-corrected chi connectivity index (χ4v) is 2.75. The van der Waals surface area contributed by atoms with Crippen molar-refractivity contribution in [1.82, 2.24) is 5.32 Å². The summed E-state index contributed by atoms with van der Waals surface area (Å²) in [4.78, 5) is 12.2. The molecule has 0 aliphatic heterocycles. The van der Waals surface area contributed by atoms with Crippen molar-refractivity contribution in [3.8, 4) is 5.75 Å². The third kappa shape index (κ3) is 7.25. The fourth-order valence-electron chi connectivity index (χ4n) is 2.75. The lowest BCUT2D eigenvalue weighted by atomic mass is 10.1. The van der Waals surface area contributed by atoms with Gasteiger partial charge in [-0.15, -0.1) is 0 Å². The normalized spacial score (nSPS) is 11.3. The van der Waals surface area contributed by atoms with Crippen molar-refractivity contribution in [2.75, 3.05) is 13.2 Å². The molecule has 152 valence electrons. The number of benzene rings is 2. The van der Waals surface area contributed by atoms with Gasteiger partial charge in [-0.05, 0) is 48.7 Å². The molecule has 0 atom stereocenters. The topological polar surface area (TPSA) is 38.3 Å². The van der Waals surface area contributed by atoms with E-state index >= 15 is 0 Å². The molecular weight excluding hydrogens is 367 g/mol. The van der Waals surface area contributed by atoms with Crippen molar-refractivity contribution in [3.63, 3.8) is 0 Å². The van der Waals surface area contributed by atoms with E-state index < -0.39 is 11.7 Å². The van der Waals surface area contributed by atoms with Crippen LogP contribution in [0.1, 0.15) is 54.1 Å². The highest BCUT2D eigenvalue weighted by Crippen LogP contribution is 2.29. The maximum absolute atomic E-state index is 12.7. The lowest BCUT2D eigenvalue weighted by Gasteiger charge is -2.10. The van der Waals surface area contributed by atoms with E-state index in [0.717, 1.165) is 30.7 Å². The molecule has 28 heavy (non-hydrogen) atoms. The molecule has 3 nitrogen and oxygen atoms in total. The molecule has 0 saturated heterocycles. The molecule has 0 spiro atoms. The number of rotatable bonds is 10. The van der Waals surface area contributed by atoms with E-state index in [1.807, 2.05) is 0 Å². The van der Waals surface area contributed by atoms with Crippen LogP contribution in [0.3, 0.4) is 0 Å². The van der Waals surface area contributed by atoms with Gasteiger partial charge in [0.05, 0.1) is 12.2 Å².